The third kappa shape index (κ3) is 3.80. The fraction of sp³-hybridized carbons (Fsp3) is 0.308. The Morgan fingerprint density at radius 3 is 2.53 bits per heavy atom. The lowest BCUT2D eigenvalue weighted by Gasteiger charge is -2.17. The van der Waals surface area contributed by atoms with Crippen molar-refractivity contribution in [1.29, 1.82) is 0 Å². The van der Waals surface area contributed by atoms with Crippen molar-refractivity contribution in [1.82, 2.24) is 5.32 Å². The van der Waals surface area contributed by atoms with Crippen LogP contribution < -0.4 is 15.5 Å². The van der Waals surface area contributed by atoms with E-state index in [2.05, 4.69) is 10.6 Å². The zero-order valence-corrected chi connectivity index (χ0v) is 11.2. The Labute approximate surface area is 111 Å². The van der Waals surface area contributed by atoms with Gasteiger partial charge in [0.2, 0.25) is 5.91 Å². The number of nitrogens with one attached hydrogen (secondary N) is 2. The third-order valence-corrected chi connectivity index (χ3v) is 2.56. The van der Waals surface area contributed by atoms with Crippen LogP contribution in [0.2, 0.25) is 0 Å². The molecule has 19 heavy (non-hydrogen) atoms. The zero-order valence-electron chi connectivity index (χ0n) is 11.2. The van der Waals surface area contributed by atoms with Crippen LogP contribution in [0.3, 0.4) is 0 Å². The summed E-state index contributed by atoms with van der Waals surface area (Å²) in [4.78, 5) is 35.5. The number of carbonyl (C=O) groups excluding carboxylic acids is 3. The summed E-state index contributed by atoms with van der Waals surface area (Å²) in [5, 5.41) is 4.96. The first-order valence-electron chi connectivity index (χ1n) is 5.89. The number of carbonyl (C=O) groups is 3. The van der Waals surface area contributed by atoms with Gasteiger partial charge in [0.05, 0.1) is 0 Å². The minimum Gasteiger partial charge on any atom is -0.351 e. The van der Waals surface area contributed by atoms with Crippen molar-refractivity contribution < 1.29 is 14.4 Å². The number of anilines is 2. The lowest BCUT2D eigenvalue weighted by Crippen LogP contribution is -2.39. The molecule has 0 aliphatic rings. The van der Waals surface area contributed by atoms with Crippen molar-refractivity contribution in [3.8, 4) is 0 Å². The molecule has 1 rings (SSSR count). The molecular formula is C13H17N3O3. The Kier molecular flexibility index (Phi) is 5.05. The Balaban J connectivity index is 2.89. The van der Waals surface area contributed by atoms with Gasteiger partial charge in [-0.1, -0.05) is 13.0 Å². The quantitative estimate of drug-likeness (QED) is 0.790. The molecule has 102 valence electrons. The van der Waals surface area contributed by atoms with Crippen LogP contribution in [0.4, 0.5) is 11.4 Å². The van der Waals surface area contributed by atoms with Gasteiger partial charge in [0.1, 0.15) is 0 Å². The Morgan fingerprint density at radius 2 is 1.95 bits per heavy atom. The summed E-state index contributed by atoms with van der Waals surface area (Å²) < 4.78 is 0. The summed E-state index contributed by atoms with van der Waals surface area (Å²) in [7, 11) is 2.89. The molecule has 0 radical (unpaired) electrons. The highest BCUT2D eigenvalue weighted by Gasteiger charge is 2.18. The summed E-state index contributed by atoms with van der Waals surface area (Å²) in [5.41, 5.74) is 1.11. The van der Waals surface area contributed by atoms with E-state index in [1.54, 1.807) is 31.2 Å². The molecule has 0 bridgehead atoms. The van der Waals surface area contributed by atoms with Crippen molar-refractivity contribution in [3.63, 3.8) is 0 Å². The Bertz CT molecular complexity index is 500. The van der Waals surface area contributed by atoms with Crippen molar-refractivity contribution in [2.75, 3.05) is 24.3 Å². The number of likely N-dealkylation sites (N-methyl/N-ethyl adjacent to an activating group) is 2. The molecule has 3 amide bonds. The summed E-state index contributed by atoms with van der Waals surface area (Å²) in [6, 6.07) is 6.74. The van der Waals surface area contributed by atoms with Gasteiger partial charge in [-0.3, -0.25) is 14.4 Å². The highest BCUT2D eigenvalue weighted by molar-refractivity contribution is 6.40. The largest absolute Gasteiger partial charge is 0.351 e. The van der Waals surface area contributed by atoms with Crippen LogP contribution in [0.1, 0.15) is 13.3 Å². The first-order chi connectivity index (χ1) is 8.99. The van der Waals surface area contributed by atoms with Gasteiger partial charge in [-0.25, -0.2) is 0 Å². The van der Waals surface area contributed by atoms with Gasteiger partial charge in [-0.15, -0.1) is 0 Å². The minimum absolute atomic E-state index is 0.113. The monoisotopic (exact) mass is 263 g/mol. The molecule has 0 atom stereocenters. The number of nitrogens with zero attached hydrogens (tertiary/aromatic N) is 1. The van der Waals surface area contributed by atoms with E-state index in [1.165, 1.54) is 19.0 Å². The lowest BCUT2D eigenvalue weighted by atomic mass is 10.2. The van der Waals surface area contributed by atoms with E-state index in [0.29, 0.717) is 17.8 Å². The number of benzene rings is 1. The minimum atomic E-state index is -0.689. The maximum absolute atomic E-state index is 11.7. The second kappa shape index (κ2) is 6.53. The number of hydrogen-bond acceptors (Lipinski definition) is 3. The summed E-state index contributed by atoms with van der Waals surface area (Å²) in [5.74, 6) is -1.47. The normalized spacial score (nSPS) is 9.63. The smallest absolute Gasteiger partial charge is 0.316 e. The molecular weight excluding hydrogens is 246 g/mol. The highest BCUT2D eigenvalue weighted by atomic mass is 16.2. The predicted octanol–water partition coefficient (Wildman–Crippen LogP) is 0.744. The molecule has 1 aromatic carbocycles. The highest BCUT2D eigenvalue weighted by Crippen LogP contribution is 2.18. The average Bonchev–Trinajstić information content (AvgIpc) is 2.44. The zero-order chi connectivity index (χ0) is 14.4. The fourth-order valence-corrected chi connectivity index (χ4v) is 1.42. The van der Waals surface area contributed by atoms with Gasteiger partial charge in [-0.2, -0.15) is 0 Å². The molecule has 0 saturated carbocycles. The third-order valence-electron chi connectivity index (χ3n) is 2.56. The standard InChI is InChI=1S/C13H17N3O3/c1-4-11(17)15-9-6-5-7-10(8-9)16(3)13(19)12(18)14-2/h5-8H,4H2,1-3H3,(H,14,18)(H,15,17). The maximum atomic E-state index is 11.7. The fourth-order valence-electron chi connectivity index (χ4n) is 1.42. The van der Waals surface area contributed by atoms with Crippen molar-refractivity contribution >= 4 is 29.1 Å². The van der Waals surface area contributed by atoms with Crippen LogP contribution in [-0.2, 0) is 14.4 Å². The van der Waals surface area contributed by atoms with E-state index < -0.39 is 11.8 Å². The molecule has 6 nitrogen and oxygen atoms in total. The molecule has 2 N–H and O–H groups in total. The molecule has 0 aliphatic heterocycles. The van der Waals surface area contributed by atoms with Crippen molar-refractivity contribution in [2.24, 2.45) is 0 Å². The molecule has 6 heteroatoms. The van der Waals surface area contributed by atoms with Gasteiger partial charge in [0.15, 0.2) is 0 Å². The van der Waals surface area contributed by atoms with Crippen LogP contribution in [0.5, 0.6) is 0 Å². The van der Waals surface area contributed by atoms with Crippen LogP contribution in [0.25, 0.3) is 0 Å². The maximum Gasteiger partial charge on any atom is 0.316 e. The van der Waals surface area contributed by atoms with Crippen molar-refractivity contribution in [3.05, 3.63) is 24.3 Å². The van der Waals surface area contributed by atoms with Crippen LogP contribution in [0.15, 0.2) is 24.3 Å². The van der Waals surface area contributed by atoms with Crippen molar-refractivity contribution in [2.45, 2.75) is 13.3 Å². The van der Waals surface area contributed by atoms with Crippen LogP contribution in [-0.4, -0.2) is 31.8 Å². The van der Waals surface area contributed by atoms with E-state index in [4.69, 9.17) is 0 Å². The van der Waals surface area contributed by atoms with E-state index in [1.807, 2.05) is 0 Å². The van der Waals surface area contributed by atoms with Crippen LogP contribution in [0, 0.1) is 0 Å². The summed E-state index contributed by atoms with van der Waals surface area (Å²) >= 11 is 0. The lowest BCUT2D eigenvalue weighted by molar-refractivity contribution is -0.137. The predicted molar refractivity (Wildman–Crippen MR) is 72.8 cm³/mol. The van der Waals surface area contributed by atoms with E-state index >= 15 is 0 Å². The molecule has 1 aromatic rings. The molecule has 0 unspecified atom stereocenters. The second-order valence-electron chi connectivity index (χ2n) is 3.90. The van der Waals surface area contributed by atoms with E-state index in [-0.39, 0.29) is 5.91 Å². The van der Waals surface area contributed by atoms with Gasteiger partial charge in [-0.05, 0) is 18.2 Å². The molecule has 0 aromatic heterocycles. The summed E-state index contributed by atoms with van der Waals surface area (Å²) in [6.45, 7) is 1.75. The average molecular weight is 263 g/mol. The number of amides is 3. The van der Waals surface area contributed by atoms with Gasteiger partial charge < -0.3 is 15.5 Å². The molecule has 0 aliphatic carbocycles. The Morgan fingerprint density at radius 1 is 1.26 bits per heavy atom. The van der Waals surface area contributed by atoms with E-state index in [0.717, 1.165) is 0 Å². The molecule has 0 spiro atoms. The second-order valence-corrected chi connectivity index (χ2v) is 3.90. The topological polar surface area (TPSA) is 78.5 Å². The first kappa shape index (κ1) is 14.7. The molecule has 0 heterocycles. The molecule has 0 fully saturated rings. The van der Waals surface area contributed by atoms with Crippen LogP contribution >= 0.6 is 0 Å². The SMILES string of the molecule is CCC(=O)Nc1cccc(N(C)C(=O)C(=O)NC)c1. The van der Waals surface area contributed by atoms with Gasteiger partial charge in [0.25, 0.3) is 0 Å². The number of hydrogen-bond donors (Lipinski definition) is 2. The number of rotatable bonds is 3. The van der Waals surface area contributed by atoms with Gasteiger partial charge in [0, 0.05) is 31.9 Å². The van der Waals surface area contributed by atoms with Gasteiger partial charge >= 0.3 is 11.8 Å². The van der Waals surface area contributed by atoms with E-state index in [9.17, 15) is 14.4 Å². The summed E-state index contributed by atoms with van der Waals surface area (Å²) in [6.07, 6.45) is 0.372. The molecule has 0 saturated heterocycles. The first-order valence-corrected chi connectivity index (χ1v) is 5.89. The Hall–Kier alpha value is -2.37.